The number of furan rings is 1. The third-order valence-corrected chi connectivity index (χ3v) is 25.1. The van der Waals surface area contributed by atoms with Crippen molar-refractivity contribution in [2.45, 2.75) is 228 Å². The van der Waals surface area contributed by atoms with Crippen LogP contribution in [0.15, 0.2) is 127 Å². The number of primary amides is 2. The maximum absolute atomic E-state index is 15.7. The molecule has 6 heterocycles. The van der Waals surface area contributed by atoms with Crippen LogP contribution in [0, 0.1) is 11.3 Å². The van der Waals surface area contributed by atoms with Crippen LogP contribution in [0.25, 0.3) is 21.8 Å². The number of guanidine groups is 1. The first-order valence-corrected chi connectivity index (χ1v) is 47.8. The van der Waals surface area contributed by atoms with Gasteiger partial charge in [0.2, 0.25) is 100 Å². The number of nitrogens with two attached hydrogens (primary N) is 3. The highest BCUT2D eigenvalue weighted by molar-refractivity contribution is 8.00. The molecule has 14 atom stereocenters. The van der Waals surface area contributed by atoms with E-state index >= 15 is 38.4 Å². The minimum absolute atomic E-state index is 0.0139. The van der Waals surface area contributed by atoms with Crippen LogP contribution in [0.3, 0.4) is 0 Å². The molecule has 46 heteroatoms. The molecule has 25 N–H and O–H groups in total. The van der Waals surface area contributed by atoms with Crippen LogP contribution in [0.2, 0.25) is 0 Å². The smallest absolute Gasteiger partial charge is 0.286 e. The Hall–Kier alpha value is -14.7. The van der Waals surface area contributed by atoms with Gasteiger partial charge in [-0.05, 0) is 105 Å². The predicted octanol–water partition coefficient (Wildman–Crippen LogP) is -2.04. The largest absolute Gasteiger partial charge is 0.459 e. The molecular formula is C94H129N25O20S. The second kappa shape index (κ2) is 53.8. The molecule has 18 amide bonds. The van der Waals surface area contributed by atoms with Crippen molar-refractivity contribution >= 4 is 146 Å². The van der Waals surface area contributed by atoms with E-state index in [4.69, 9.17) is 27.0 Å². The number of carbonyl (C=O) groups is 18. The van der Waals surface area contributed by atoms with Gasteiger partial charge in [0.05, 0.1) is 37.9 Å². The SMILES string of the molecule is CCCC[C@@H]1NC(=O)[C@H](CCCC)N(C)C(=O)[C@H](Cc2c[nH]c3ccccc23)NC(=O)[C@H](CO)NC(=O)[C@H](Cc2c[nH]c3ccccc23)NC(=O)[C@H](CCNC(=O)c2ccco2)NC(=O)[C@H](CC(C)C)NC(=O)[C@H](Cc2cnc[nH]2)NC(=O)[C@@H]2CCCN2C(=O)[C@H](CC(N)=O)NC(=O)[C@H](C)N(C)C(=O)[C@H](Cc2ccccc2)NC(=O)CSCC(C(=O)NCC(N)=O)NC(=O)[C@H](CCCNC(=N)N)NC1=O. The number of amides is 18. The van der Waals surface area contributed by atoms with Gasteiger partial charge >= 0.3 is 0 Å². The fraction of sp³-hybridized carbons (Fsp3) is 0.489. The van der Waals surface area contributed by atoms with Crippen molar-refractivity contribution in [3.05, 3.63) is 150 Å². The van der Waals surface area contributed by atoms with Crippen LogP contribution in [0.5, 0.6) is 0 Å². The van der Waals surface area contributed by atoms with Crippen LogP contribution < -0.4 is 91.6 Å². The van der Waals surface area contributed by atoms with E-state index in [1.165, 1.54) is 51.9 Å². The van der Waals surface area contributed by atoms with Crippen molar-refractivity contribution in [1.82, 2.24) is 109 Å². The number of H-pyrrole nitrogens is 3. The number of imidazole rings is 1. The molecule has 0 bridgehead atoms. The Balaban J connectivity index is 1.11. The Morgan fingerprint density at radius 3 is 1.66 bits per heavy atom. The number of thioether (sulfide) groups is 1. The van der Waals surface area contributed by atoms with Crippen molar-refractivity contribution in [2.75, 3.05) is 58.4 Å². The van der Waals surface area contributed by atoms with Crippen LogP contribution in [0.1, 0.15) is 151 Å². The third-order valence-electron chi connectivity index (χ3n) is 24.0. The first kappa shape index (κ1) is 109. The summed E-state index contributed by atoms with van der Waals surface area (Å²) in [6, 6.07) is 3.00. The van der Waals surface area contributed by atoms with Crippen molar-refractivity contribution in [3.63, 3.8) is 0 Å². The minimum atomic E-state index is -1.93. The minimum Gasteiger partial charge on any atom is -0.459 e. The zero-order chi connectivity index (χ0) is 102. The first-order valence-electron chi connectivity index (χ1n) is 46.7. The number of aliphatic hydroxyl groups is 1. The molecule has 2 aliphatic rings. The van der Waals surface area contributed by atoms with Crippen LogP contribution in [-0.4, -0.2) is 295 Å². The number of aromatic amines is 3. The summed E-state index contributed by atoms with van der Waals surface area (Å²) in [5, 5.41) is 57.5. The monoisotopic (exact) mass is 1960 g/mol. The Morgan fingerprint density at radius 2 is 1.06 bits per heavy atom. The summed E-state index contributed by atoms with van der Waals surface area (Å²) in [5.74, 6) is -19.1. The number of hydrogen-bond acceptors (Lipinski definition) is 23. The van der Waals surface area contributed by atoms with Crippen LogP contribution in [0.4, 0.5) is 0 Å². The van der Waals surface area contributed by atoms with Gasteiger partial charge in [-0.15, -0.1) is 11.8 Å². The maximum atomic E-state index is 15.7. The van der Waals surface area contributed by atoms with E-state index in [1.54, 1.807) is 105 Å². The summed E-state index contributed by atoms with van der Waals surface area (Å²) in [7, 11) is 2.56. The van der Waals surface area contributed by atoms with E-state index in [0.29, 0.717) is 69.9 Å². The Kier molecular flexibility index (Phi) is 41.9. The average molecular weight is 1960 g/mol. The number of hydrogen-bond donors (Lipinski definition) is 22. The Morgan fingerprint density at radius 1 is 0.529 bits per heavy atom. The zero-order valence-corrected chi connectivity index (χ0v) is 80.1. The van der Waals surface area contributed by atoms with Crippen molar-refractivity contribution in [2.24, 2.45) is 23.1 Å². The lowest BCUT2D eigenvalue weighted by atomic mass is 10.0. The first-order chi connectivity index (χ1) is 66.9. The van der Waals surface area contributed by atoms with Crippen LogP contribution in [-0.2, 0) is 107 Å². The predicted molar refractivity (Wildman–Crippen MR) is 515 cm³/mol. The summed E-state index contributed by atoms with van der Waals surface area (Å²) in [6.07, 6.45) is 6.07. The van der Waals surface area contributed by atoms with Gasteiger partial charge < -0.3 is 131 Å². The van der Waals surface area contributed by atoms with Gasteiger partial charge in [-0.25, -0.2) is 4.98 Å². The van der Waals surface area contributed by atoms with Gasteiger partial charge in [-0.1, -0.05) is 120 Å². The number of rotatable bonds is 30. The number of carbonyl (C=O) groups excluding carboxylic acids is 18. The van der Waals surface area contributed by atoms with Gasteiger partial charge in [0.25, 0.3) is 5.91 Å². The summed E-state index contributed by atoms with van der Waals surface area (Å²) >= 11 is 0.782. The van der Waals surface area contributed by atoms with Crippen LogP contribution >= 0.6 is 11.8 Å². The van der Waals surface area contributed by atoms with E-state index < -0.39 is 240 Å². The molecule has 7 aromatic rings. The number of aliphatic hydroxyl groups excluding tert-OH is 1. The van der Waals surface area contributed by atoms with Gasteiger partial charge in [0.15, 0.2) is 11.7 Å². The summed E-state index contributed by atoms with van der Waals surface area (Å²) in [6.45, 7) is 6.05. The molecule has 2 saturated heterocycles. The van der Waals surface area contributed by atoms with E-state index in [1.807, 2.05) is 13.8 Å². The number of fused-ring (bicyclic) bond motifs is 3. The summed E-state index contributed by atoms with van der Waals surface area (Å²) < 4.78 is 5.31. The topological polar surface area (TPSA) is 681 Å². The Labute approximate surface area is 812 Å². The van der Waals surface area contributed by atoms with E-state index in [2.05, 4.69) is 94.4 Å². The van der Waals surface area contributed by atoms with E-state index in [-0.39, 0.29) is 96.0 Å². The fourth-order valence-electron chi connectivity index (χ4n) is 16.3. The number of nitrogens with zero attached hydrogens (tertiary/aromatic N) is 4. The van der Waals surface area contributed by atoms with Gasteiger partial charge in [-0.2, -0.15) is 0 Å². The summed E-state index contributed by atoms with van der Waals surface area (Å²) in [5.41, 5.74) is 19.8. The highest BCUT2D eigenvalue weighted by atomic mass is 32.2. The number of para-hydroxylation sites is 2. The van der Waals surface area contributed by atoms with Gasteiger partial charge in [0.1, 0.15) is 84.6 Å². The molecule has 2 aliphatic heterocycles. The van der Waals surface area contributed by atoms with Crippen molar-refractivity contribution < 1.29 is 95.8 Å². The van der Waals surface area contributed by atoms with E-state index in [0.717, 1.165) is 26.5 Å². The molecule has 0 aliphatic carbocycles. The second-order valence-electron chi connectivity index (χ2n) is 35.1. The normalized spacial score (nSPS) is 23.2. The molecule has 2 fully saturated rings. The quantitative estimate of drug-likeness (QED) is 0.0131. The molecule has 1 unspecified atom stereocenters. The number of aromatic nitrogens is 4. The average Bonchev–Trinajstić information content (AvgIpc) is 1.04. The highest BCUT2D eigenvalue weighted by Crippen LogP contribution is 2.26. The molecule has 0 saturated carbocycles. The number of benzene rings is 3. The van der Waals surface area contributed by atoms with Crippen molar-refractivity contribution in [3.8, 4) is 0 Å². The lowest BCUT2D eigenvalue weighted by Gasteiger charge is -2.33. The Bertz CT molecular complexity index is 5480. The lowest BCUT2D eigenvalue weighted by molar-refractivity contribution is -0.145. The molecule has 0 radical (unpaired) electrons. The summed E-state index contributed by atoms with van der Waals surface area (Å²) in [4.78, 5) is 280. The molecular weight excluding hydrogens is 1830 g/mol. The number of unbranched alkanes of at least 4 members (excludes halogenated alkanes) is 2. The number of likely N-dealkylation sites (N-methyl/N-ethyl adjacent to an activating group) is 2. The highest BCUT2D eigenvalue weighted by Gasteiger charge is 2.44. The lowest BCUT2D eigenvalue weighted by Crippen LogP contribution is -2.62. The molecule has 140 heavy (non-hydrogen) atoms. The number of nitrogens with one attached hydrogen (secondary N) is 18. The van der Waals surface area contributed by atoms with Gasteiger partial charge in [-0.3, -0.25) is 91.7 Å². The standard InChI is InChI=1S/C94H129N25O20S/c1-8-10-26-62-81(126)107-63(29-19-34-101-94(97)98)82(127)116-72(80(125)104-47-77(96)122)49-140-50-78(123)106-68(39-54-22-13-12-14-23-54)91(136)117(6)53(5)79(124)113-70(43-76(95)121)93(138)119-36-20-31-74(119)89(134)112-67(42-57-46-99-51-105-57)86(131)110-65(38-52(3)4)84(129)108-64(33-35-100-90(135)75-32-21-37-139-75)83(128)111-66(40-55-44-102-60-27-17-15-24-58(55)60)85(130)115-71(48-120)87(132)114-69(41-56-45-103-61-28-18-16-25-59(56)61)92(137)118(7)73(30-11-9-2)88(133)109-62/h12-18,21-25,27-28,32,37,44-46,51-53,62-74,102-103,120H,8-11,19-20,26,29-31,33-36,38-43,47-50H2,1-7H3,(H2,95,121)(H2,96,122)(H,99,105)(H,100,135)(H,104,125)(H,106,123)(H,107,126)(H,108,129)(H,109,133)(H,110,131)(H,111,128)(H,112,134)(H,113,124)(H,114,132)(H,115,130)(H,116,127)(H4,97,98,101)/t53-,62-,63-,64-,65-,66-,67-,68-,69-,70-,71-,72?,73-,74-/m0/s1. The molecule has 9 rings (SSSR count). The molecule has 3 aromatic carbocycles. The molecule has 756 valence electrons. The molecule has 45 nitrogen and oxygen atoms in total. The maximum Gasteiger partial charge on any atom is 0.286 e. The second-order valence-corrected chi connectivity index (χ2v) is 36.1. The fourth-order valence-corrected chi connectivity index (χ4v) is 17.2. The van der Waals surface area contributed by atoms with Gasteiger partial charge in [0, 0.05) is 111 Å². The van der Waals surface area contributed by atoms with E-state index in [9.17, 15) is 53.1 Å². The third kappa shape index (κ3) is 32.2. The zero-order valence-electron chi connectivity index (χ0n) is 79.3. The van der Waals surface area contributed by atoms with Crippen molar-refractivity contribution in [1.29, 1.82) is 5.41 Å². The molecule has 4 aromatic heterocycles. The molecule has 0 spiro atoms.